The van der Waals surface area contributed by atoms with Crippen LogP contribution in [0, 0.1) is 0 Å². The van der Waals surface area contributed by atoms with E-state index in [0.717, 1.165) is 5.56 Å². The van der Waals surface area contributed by atoms with Crippen LogP contribution in [0.2, 0.25) is 0 Å². The third kappa shape index (κ3) is 25.0. The highest BCUT2D eigenvalue weighted by Gasteiger charge is 2.21. The fourth-order valence-electron chi connectivity index (χ4n) is 2.64. The summed E-state index contributed by atoms with van der Waals surface area (Å²) in [5.41, 5.74) is 22.1. The summed E-state index contributed by atoms with van der Waals surface area (Å²) in [4.78, 5) is 45.0. The normalized spacial score (nSPS) is 14.3. The molecule has 13 N–H and O–H groups in total. The van der Waals surface area contributed by atoms with Gasteiger partial charge in [0.2, 0.25) is 0 Å². The van der Waals surface area contributed by atoms with Gasteiger partial charge in [0, 0.05) is 0 Å². The molecule has 0 aromatic heterocycles. The average molecular weight is 667 g/mol. The van der Waals surface area contributed by atoms with Gasteiger partial charge in [-0.2, -0.15) is 0 Å². The van der Waals surface area contributed by atoms with Gasteiger partial charge in [0.15, 0.2) is 6.10 Å². The van der Waals surface area contributed by atoms with E-state index in [2.05, 4.69) is 4.74 Å². The predicted octanol–water partition coefficient (Wildman–Crippen LogP) is -4.56. The van der Waals surface area contributed by atoms with Crippen LogP contribution in [0.15, 0.2) is 30.3 Å². The van der Waals surface area contributed by atoms with Crippen LogP contribution in [-0.4, -0.2) is 145 Å². The van der Waals surface area contributed by atoms with Crippen molar-refractivity contribution in [2.45, 2.75) is 56.8 Å². The lowest BCUT2D eigenvalue weighted by Crippen LogP contribution is -2.38. The maximum atomic E-state index is 12.0. The number of nitrogens with two attached hydrogens (primary N) is 4. The number of aliphatic hydroxyl groups excluding tert-OH is 5. The largest absolute Gasteiger partial charge is 0.461 e. The second-order valence-electron chi connectivity index (χ2n) is 9.57. The van der Waals surface area contributed by atoms with Crippen LogP contribution < -0.4 is 22.9 Å². The molecule has 0 heterocycles. The first kappa shape index (κ1) is 44.8. The second-order valence-corrected chi connectivity index (χ2v) is 9.57. The lowest BCUT2D eigenvalue weighted by atomic mass is 10.1. The molecule has 1 rings (SSSR count). The maximum Gasteiger partial charge on any atom is 0.325 e. The molecule has 46 heavy (non-hydrogen) atoms. The van der Waals surface area contributed by atoms with Crippen LogP contribution >= 0.6 is 0 Å². The molecule has 6 atom stereocenters. The summed E-state index contributed by atoms with van der Waals surface area (Å²) in [6, 6.07) is 7.30. The SMILES string of the molecule is CC(COC(=O)CN)OC(=O)[C@@H](N)CO.CC(O)CO.NCC(=O)OC(COCC(O)CO)COC(=O)[C@@H](N)Cc1ccccc1. The predicted molar refractivity (Wildman–Crippen MR) is 161 cm³/mol. The molecule has 1 aromatic carbocycles. The quantitative estimate of drug-likeness (QED) is 0.0495. The Morgan fingerprint density at radius 1 is 0.717 bits per heavy atom. The lowest BCUT2D eigenvalue weighted by Gasteiger charge is -2.19. The molecule has 0 radical (unpaired) electrons. The van der Waals surface area contributed by atoms with Crippen LogP contribution in [0.1, 0.15) is 19.4 Å². The van der Waals surface area contributed by atoms with E-state index in [-0.39, 0.29) is 46.1 Å². The molecule has 18 heteroatoms. The van der Waals surface area contributed by atoms with Gasteiger partial charge in [-0.3, -0.25) is 19.2 Å². The van der Waals surface area contributed by atoms with Crippen molar-refractivity contribution in [3.8, 4) is 0 Å². The van der Waals surface area contributed by atoms with Gasteiger partial charge in [-0.15, -0.1) is 0 Å². The van der Waals surface area contributed by atoms with Gasteiger partial charge in [-0.1, -0.05) is 30.3 Å². The van der Waals surface area contributed by atoms with E-state index in [1.807, 2.05) is 30.3 Å². The number of hydrogen-bond donors (Lipinski definition) is 9. The van der Waals surface area contributed by atoms with Crippen molar-refractivity contribution < 1.29 is 68.4 Å². The van der Waals surface area contributed by atoms with Crippen LogP contribution in [0.5, 0.6) is 0 Å². The Labute approximate surface area is 267 Å². The van der Waals surface area contributed by atoms with Crippen LogP contribution in [0.25, 0.3) is 0 Å². The highest BCUT2D eigenvalue weighted by Crippen LogP contribution is 2.04. The van der Waals surface area contributed by atoms with E-state index in [1.165, 1.54) is 13.8 Å². The van der Waals surface area contributed by atoms with Gasteiger partial charge in [0.25, 0.3) is 0 Å². The Kier molecular flexibility index (Phi) is 27.2. The molecule has 0 spiro atoms. The smallest absolute Gasteiger partial charge is 0.325 e. The van der Waals surface area contributed by atoms with E-state index in [0.29, 0.717) is 6.42 Å². The molecule has 1 aromatic rings. The first-order chi connectivity index (χ1) is 21.7. The Morgan fingerprint density at radius 2 is 1.30 bits per heavy atom. The Morgan fingerprint density at radius 3 is 1.80 bits per heavy atom. The van der Waals surface area contributed by atoms with Crippen molar-refractivity contribution >= 4 is 23.9 Å². The lowest BCUT2D eigenvalue weighted by molar-refractivity contribution is -0.163. The zero-order valence-corrected chi connectivity index (χ0v) is 26.1. The van der Waals surface area contributed by atoms with E-state index < -0.39 is 73.6 Å². The molecule has 0 aliphatic heterocycles. The molecule has 266 valence electrons. The summed E-state index contributed by atoms with van der Waals surface area (Å²) in [6.07, 6.45) is -2.82. The summed E-state index contributed by atoms with van der Waals surface area (Å²) < 4.78 is 24.6. The second kappa shape index (κ2) is 28.0. The summed E-state index contributed by atoms with van der Waals surface area (Å²) in [6.45, 7) is 0.769. The van der Waals surface area contributed by atoms with Crippen molar-refractivity contribution in [3.05, 3.63) is 35.9 Å². The van der Waals surface area contributed by atoms with Crippen LogP contribution in [0.3, 0.4) is 0 Å². The summed E-state index contributed by atoms with van der Waals surface area (Å²) in [5.74, 6) is -2.65. The maximum absolute atomic E-state index is 12.0. The van der Waals surface area contributed by atoms with E-state index in [4.69, 9.17) is 62.3 Å². The molecule has 0 aliphatic carbocycles. The zero-order valence-electron chi connectivity index (χ0n) is 26.1. The number of aliphatic hydroxyl groups is 5. The van der Waals surface area contributed by atoms with Crippen molar-refractivity contribution in [1.82, 2.24) is 0 Å². The molecule has 0 saturated heterocycles. The fraction of sp³-hybridized carbons (Fsp3) is 0.643. The first-order valence-electron chi connectivity index (χ1n) is 14.2. The van der Waals surface area contributed by atoms with E-state index in [9.17, 15) is 24.3 Å². The molecule has 0 bridgehead atoms. The zero-order chi connectivity index (χ0) is 35.5. The van der Waals surface area contributed by atoms with Crippen molar-refractivity contribution in [1.29, 1.82) is 0 Å². The van der Waals surface area contributed by atoms with Gasteiger partial charge in [0.1, 0.15) is 37.5 Å². The molecular weight excluding hydrogens is 616 g/mol. The van der Waals surface area contributed by atoms with E-state index >= 15 is 0 Å². The highest BCUT2D eigenvalue weighted by atomic mass is 16.6. The molecule has 18 nitrogen and oxygen atoms in total. The fourth-order valence-corrected chi connectivity index (χ4v) is 2.64. The third-order valence-corrected chi connectivity index (χ3v) is 5.03. The Hall–Kier alpha value is -3.30. The first-order valence-corrected chi connectivity index (χ1v) is 14.2. The Balaban J connectivity index is 0. The number of carbonyl (C=O) groups is 4. The minimum Gasteiger partial charge on any atom is -0.461 e. The molecule has 0 amide bonds. The minimum absolute atomic E-state index is 0.0834. The summed E-state index contributed by atoms with van der Waals surface area (Å²) >= 11 is 0. The monoisotopic (exact) mass is 666 g/mol. The average Bonchev–Trinajstić information content (AvgIpc) is 3.05. The van der Waals surface area contributed by atoms with Crippen LogP contribution in [0.4, 0.5) is 0 Å². The Bertz CT molecular complexity index is 957. The van der Waals surface area contributed by atoms with Gasteiger partial charge in [0.05, 0.1) is 52.2 Å². The third-order valence-electron chi connectivity index (χ3n) is 5.03. The summed E-state index contributed by atoms with van der Waals surface area (Å²) in [7, 11) is 0. The number of esters is 4. The van der Waals surface area contributed by atoms with Gasteiger partial charge in [-0.25, -0.2) is 0 Å². The summed E-state index contributed by atoms with van der Waals surface area (Å²) in [5, 5.41) is 42.5. The number of benzene rings is 1. The topological polar surface area (TPSA) is 320 Å². The number of ether oxygens (including phenoxy) is 5. The highest BCUT2D eigenvalue weighted by molar-refractivity contribution is 5.76. The van der Waals surface area contributed by atoms with Crippen molar-refractivity contribution in [3.63, 3.8) is 0 Å². The number of carbonyl (C=O) groups excluding carboxylic acids is 4. The van der Waals surface area contributed by atoms with Crippen molar-refractivity contribution in [2.75, 3.05) is 59.3 Å². The molecule has 0 saturated carbocycles. The van der Waals surface area contributed by atoms with Gasteiger partial charge < -0.3 is 72.2 Å². The van der Waals surface area contributed by atoms with Gasteiger partial charge >= 0.3 is 23.9 Å². The number of rotatable bonds is 19. The molecule has 4 unspecified atom stereocenters. The molecule has 0 aliphatic rings. The molecular formula is C28H50N4O14. The van der Waals surface area contributed by atoms with Gasteiger partial charge in [-0.05, 0) is 25.8 Å². The molecule has 0 fully saturated rings. The minimum atomic E-state index is -1.07. The van der Waals surface area contributed by atoms with E-state index in [1.54, 1.807) is 0 Å². The van der Waals surface area contributed by atoms with Crippen LogP contribution in [-0.2, 0) is 49.3 Å². The number of hydrogen-bond acceptors (Lipinski definition) is 18. The van der Waals surface area contributed by atoms with Crippen molar-refractivity contribution in [2.24, 2.45) is 22.9 Å². The standard InChI is InChI=1S/C17H26N2O7.C8H16N2O5.C3H8O2/c18-7-16(22)26-14(10-24-9-13(21)8-20)11-25-17(23)15(19)6-12-4-2-1-3-5-12;1-5(4-14-7(12)2-9)15-8(13)6(10)3-11;1-3(5)2-4/h1-5,13-15,20-21H,6-11,18-19H2;5-6,11H,2-4,9-10H2,1H3;3-5H,2H2,1H3/t13?,14?,15-;5?,6-;/m00./s1.